The molecule has 0 spiro atoms. The molecule has 1 rings (SSSR count). The van der Waals surface area contributed by atoms with Gasteiger partial charge in [0, 0.05) is 12.6 Å². The molecule has 1 saturated carbocycles. The van der Waals surface area contributed by atoms with E-state index in [9.17, 15) is 4.79 Å². The summed E-state index contributed by atoms with van der Waals surface area (Å²) in [5.41, 5.74) is 0.355. The van der Waals surface area contributed by atoms with Crippen LogP contribution in [0, 0.1) is 5.41 Å². The molecule has 15 heavy (non-hydrogen) atoms. The van der Waals surface area contributed by atoms with Crippen molar-refractivity contribution in [3.63, 3.8) is 0 Å². The first-order valence-electron chi connectivity index (χ1n) is 6.02. The normalized spacial score (nSPS) is 19.5. The van der Waals surface area contributed by atoms with Gasteiger partial charge in [0.15, 0.2) is 0 Å². The van der Waals surface area contributed by atoms with Gasteiger partial charge in [0.1, 0.15) is 0 Å². The fourth-order valence-electron chi connectivity index (χ4n) is 2.08. The Morgan fingerprint density at radius 2 is 1.93 bits per heavy atom. The third kappa shape index (κ3) is 4.65. The predicted octanol–water partition coefficient (Wildman–Crippen LogP) is 1.68. The van der Waals surface area contributed by atoms with Gasteiger partial charge in [-0.05, 0) is 18.3 Å². The largest absolute Gasteiger partial charge is 0.354 e. The number of amides is 1. The van der Waals surface area contributed by atoms with Crippen LogP contribution in [0.4, 0.5) is 0 Å². The van der Waals surface area contributed by atoms with E-state index in [-0.39, 0.29) is 5.91 Å². The Kier molecular flexibility index (Phi) is 4.58. The molecule has 0 aromatic heterocycles. The highest BCUT2D eigenvalue weighted by molar-refractivity contribution is 5.78. The molecule has 0 aromatic rings. The highest BCUT2D eigenvalue weighted by Crippen LogP contribution is 2.36. The third-order valence-electron chi connectivity index (χ3n) is 3.19. The first-order valence-corrected chi connectivity index (χ1v) is 6.02. The molecule has 1 aliphatic rings. The quantitative estimate of drug-likeness (QED) is 0.728. The van der Waals surface area contributed by atoms with Crippen molar-refractivity contribution in [2.45, 2.75) is 52.5 Å². The smallest absolute Gasteiger partial charge is 0.233 e. The number of carbonyl (C=O) groups is 1. The molecule has 0 aromatic carbocycles. The molecule has 3 nitrogen and oxygen atoms in total. The van der Waals surface area contributed by atoms with Crippen molar-refractivity contribution in [2.75, 3.05) is 13.1 Å². The molecule has 1 amide bonds. The van der Waals surface area contributed by atoms with E-state index in [4.69, 9.17) is 0 Å². The van der Waals surface area contributed by atoms with Gasteiger partial charge in [-0.3, -0.25) is 4.79 Å². The Morgan fingerprint density at radius 3 is 2.47 bits per heavy atom. The van der Waals surface area contributed by atoms with E-state index in [1.807, 2.05) is 13.8 Å². The monoisotopic (exact) mass is 212 g/mol. The molecular formula is C12H24N2O. The van der Waals surface area contributed by atoms with Crippen LogP contribution >= 0.6 is 0 Å². The molecule has 3 heteroatoms. The minimum atomic E-state index is 0.122. The minimum absolute atomic E-state index is 0.122. The van der Waals surface area contributed by atoms with Crippen LogP contribution in [0.15, 0.2) is 0 Å². The summed E-state index contributed by atoms with van der Waals surface area (Å²) < 4.78 is 0. The van der Waals surface area contributed by atoms with E-state index in [0.717, 1.165) is 6.54 Å². The van der Waals surface area contributed by atoms with Crippen LogP contribution in [-0.2, 0) is 4.79 Å². The Morgan fingerprint density at radius 1 is 1.33 bits per heavy atom. The molecule has 88 valence electrons. The summed E-state index contributed by atoms with van der Waals surface area (Å²) in [5, 5.41) is 6.14. The van der Waals surface area contributed by atoms with Gasteiger partial charge in [-0.2, -0.15) is 0 Å². The van der Waals surface area contributed by atoms with Crippen molar-refractivity contribution in [3.05, 3.63) is 0 Å². The van der Waals surface area contributed by atoms with Gasteiger partial charge in [-0.15, -0.1) is 0 Å². The van der Waals surface area contributed by atoms with Gasteiger partial charge in [-0.1, -0.05) is 33.6 Å². The summed E-state index contributed by atoms with van der Waals surface area (Å²) in [6.45, 7) is 7.65. The maximum atomic E-state index is 11.5. The standard InChI is InChI=1S/C12H24N2O/c1-10(2)13-8-11(15)14-9-12(3)6-4-5-7-12/h10,13H,4-9H2,1-3H3,(H,14,15). The number of carbonyl (C=O) groups excluding carboxylic acids is 1. The first kappa shape index (κ1) is 12.5. The molecule has 0 bridgehead atoms. The highest BCUT2D eigenvalue weighted by Gasteiger charge is 2.28. The van der Waals surface area contributed by atoms with Gasteiger partial charge in [0.25, 0.3) is 0 Å². The Hall–Kier alpha value is -0.570. The van der Waals surface area contributed by atoms with Crippen LogP contribution < -0.4 is 10.6 Å². The fraction of sp³-hybridized carbons (Fsp3) is 0.917. The maximum Gasteiger partial charge on any atom is 0.233 e. The third-order valence-corrected chi connectivity index (χ3v) is 3.19. The molecule has 1 fully saturated rings. The Balaban J connectivity index is 2.16. The summed E-state index contributed by atoms with van der Waals surface area (Å²) in [4.78, 5) is 11.5. The number of hydrogen-bond acceptors (Lipinski definition) is 2. The zero-order valence-corrected chi connectivity index (χ0v) is 10.2. The lowest BCUT2D eigenvalue weighted by Gasteiger charge is -2.23. The van der Waals surface area contributed by atoms with Crippen molar-refractivity contribution >= 4 is 5.91 Å². The van der Waals surface area contributed by atoms with E-state index in [2.05, 4.69) is 17.6 Å². The van der Waals surface area contributed by atoms with Crippen LogP contribution in [0.1, 0.15) is 46.5 Å². The van der Waals surface area contributed by atoms with E-state index < -0.39 is 0 Å². The lowest BCUT2D eigenvalue weighted by Crippen LogP contribution is -2.40. The van der Waals surface area contributed by atoms with Gasteiger partial charge in [0.2, 0.25) is 5.91 Å². The predicted molar refractivity (Wildman–Crippen MR) is 62.7 cm³/mol. The molecule has 0 radical (unpaired) electrons. The van der Waals surface area contributed by atoms with E-state index in [1.165, 1.54) is 25.7 Å². The number of nitrogens with one attached hydrogen (secondary N) is 2. The molecule has 0 aliphatic heterocycles. The zero-order valence-electron chi connectivity index (χ0n) is 10.2. The SMILES string of the molecule is CC(C)NCC(=O)NCC1(C)CCCC1. The van der Waals surface area contributed by atoms with Gasteiger partial charge in [0.05, 0.1) is 6.54 Å². The van der Waals surface area contributed by atoms with E-state index >= 15 is 0 Å². The van der Waals surface area contributed by atoms with Crippen LogP contribution in [-0.4, -0.2) is 25.0 Å². The van der Waals surface area contributed by atoms with Crippen molar-refractivity contribution in [2.24, 2.45) is 5.41 Å². The van der Waals surface area contributed by atoms with E-state index in [1.54, 1.807) is 0 Å². The second kappa shape index (κ2) is 5.50. The summed E-state index contributed by atoms with van der Waals surface area (Å²) in [6.07, 6.45) is 5.14. The molecule has 0 heterocycles. The molecule has 1 aliphatic carbocycles. The van der Waals surface area contributed by atoms with Gasteiger partial charge in [-0.25, -0.2) is 0 Å². The second-order valence-corrected chi connectivity index (χ2v) is 5.33. The zero-order chi connectivity index (χ0) is 11.3. The van der Waals surface area contributed by atoms with Crippen molar-refractivity contribution in [1.29, 1.82) is 0 Å². The summed E-state index contributed by atoms with van der Waals surface area (Å²) in [7, 11) is 0. The average molecular weight is 212 g/mol. The minimum Gasteiger partial charge on any atom is -0.354 e. The van der Waals surface area contributed by atoms with Crippen molar-refractivity contribution in [3.8, 4) is 0 Å². The Bertz CT molecular complexity index is 208. The van der Waals surface area contributed by atoms with E-state index in [0.29, 0.717) is 18.0 Å². The van der Waals surface area contributed by atoms with Gasteiger partial charge >= 0.3 is 0 Å². The van der Waals surface area contributed by atoms with Gasteiger partial charge < -0.3 is 10.6 Å². The van der Waals surface area contributed by atoms with Crippen LogP contribution in [0.3, 0.4) is 0 Å². The number of rotatable bonds is 5. The molecule has 0 atom stereocenters. The molecule has 0 unspecified atom stereocenters. The first-order chi connectivity index (χ1) is 7.02. The summed E-state index contributed by atoms with van der Waals surface area (Å²) >= 11 is 0. The fourth-order valence-corrected chi connectivity index (χ4v) is 2.08. The second-order valence-electron chi connectivity index (χ2n) is 5.33. The van der Waals surface area contributed by atoms with Crippen LogP contribution in [0.2, 0.25) is 0 Å². The topological polar surface area (TPSA) is 41.1 Å². The van der Waals surface area contributed by atoms with Crippen molar-refractivity contribution < 1.29 is 4.79 Å². The summed E-state index contributed by atoms with van der Waals surface area (Å²) in [5.74, 6) is 0.122. The lowest BCUT2D eigenvalue weighted by molar-refractivity contribution is -0.120. The van der Waals surface area contributed by atoms with Crippen molar-refractivity contribution in [1.82, 2.24) is 10.6 Å². The summed E-state index contributed by atoms with van der Waals surface area (Å²) in [6, 6.07) is 0.373. The number of hydrogen-bond donors (Lipinski definition) is 2. The molecule has 0 saturated heterocycles. The molecule has 2 N–H and O–H groups in total. The van der Waals surface area contributed by atoms with Crippen LogP contribution in [0.25, 0.3) is 0 Å². The Labute approximate surface area is 93.0 Å². The molecular weight excluding hydrogens is 188 g/mol. The maximum absolute atomic E-state index is 11.5. The highest BCUT2D eigenvalue weighted by atomic mass is 16.1. The lowest BCUT2D eigenvalue weighted by atomic mass is 9.89. The van der Waals surface area contributed by atoms with Crippen LogP contribution in [0.5, 0.6) is 0 Å². The average Bonchev–Trinajstić information content (AvgIpc) is 2.60.